The molecule has 2 aliphatic heterocycles. The number of aryl methyl sites for hydroxylation is 2. The van der Waals surface area contributed by atoms with Gasteiger partial charge < -0.3 is 10.1 Å². The standard InChI is InChI=1S/C14H19NO/c1-10-7-11(2)12-3-4-14(5-6-15-9-14)16-13(12)8-10/h7-8,15H,3-6,9H2,1-2H3. The lowest BCUT2D eigenvalue weighted by molar-refractivity contribution is 0.0662. The molecule has 2 nitrogen and oxygen atoms in total. The molecule has 1 atom stereocenters. The quantitative estimate of drug-likeness (QED) is 0.720. The third-order valence-electron chi connectivity index (χ3n) is 3.94. The minimum atomic E-state index is 0.0905. The molecule has 86 valence electrons. The SMILES string of the molecule is Cc1cc(C)c2c(c1)OC1(CCNC1)CC2. The molecule has 1 spiro atoms. The van der Waals surface area contributed by atoms with Gasteiger partial charge in [0.25, 0.3) is 0 Å². The minimum Gasteiger partial charge on any atom is -0.486 e. The summed E-state index contributed by atoms with van der Waals surface area (Å²) in [5.41, 5.74) is 4.20. The molecule has 2 heteroatoms. The van der Waals surface area contributed by atoms with Gasteiger partial charge in [-0.2, -0.15) is 0 Å². The smallest absolute Gasteiger partial charge is 0.123 e. The maximum Gasteiger partial charge on any atom is 0.123 e. The molecule has 16 heavy (non-hydrogen) atoms. The van der Waals surface area contributed by atoms with Crippen molar-refractivity contribution < 1.29 is 4.74 Å². The van der Waals surface area contributed by atoms with Gasteiger partial charge in [0.2, 0.25) is 0 Å². The van der Waals surface area contributed by atoms with Crippen molar-refractivity contribution >= 4 is 0 Å². The van der Waals surface area contributed by atoms with Crippen molar-refractivity contribution in [1.82, 2.24) is 5.32 Å². The highest BCUT2D eigenvalue weighted by molar-refractivity contribution is 5.45. The minimum absolute atomic E-state index is 0.0905. The lowest BCUT2D eigenvalue weighted by Gasteiger charge is -2.35. The number of fused-ring (bicyclic) bond motifs is 1. The second-order valence-electron chi connectivity index (χ2n) is 5.27. The first-order valence-electron chi connectivity index (χ1n) is 6.18. The lowest BCUT2D eigenvalue weighted by Crippen LogP contribution is -2.41. The highest BCUT2D eigenvalue weighted by atomic mass is 16.5. The first-order chi connectivity index (χ1) is 7.69. The Balaban J connectivity index is 1.99. The van der Waals surface area contributed by atoms with Crippen molar-refractivity contribution in [3.05, 3.63) is 28.8 Å². The fourth-order valence-electron chi connectivity index (χ4n) is 3.03. The van der Waals surface area contributed by atoms with Crippen LogP contribution >= 0.6 is 0 Å². The fraction of sp³-hybridized carbons (Fsp3) is 0.571. The molecule has 0 amide bonds. The van der Waals surface area contributed by atoms with Crippen LogP contribution < -0.4 is 10.1 Å². The van der Waals surface area contributed by atoms with Crippen LogP contribution in [0, 0.1) is 13.8 Å². The van der Waals surface area contributed by atoms with Crippen LogP contribution in [0.2, 0.25) is 0 Å². The molecule has 0 radical (unpaired) electrons. The maximum atomic E-state index is 6.28. The highest BCUT2D eigenvalue weighted by Gasteiger charge is 2.39. The summed E-state index contributed by atoms with van der Waals surface area (Å²) in [6.07, 6.45) is 3.49. The largest absolute Gasteiger partial charge is 0.486 e. The van der Waals surface area contributed by atoms with Crippen LogP contribution in [0.4, 0.5) is 0 Å². The summed E-state index contributed by atoms with van der Waals surface area (Å²) in [7, 11) is 0. The van der Waals surface area contributed by atoms with Crippen molar-refractivity contribution in [3.8, 4) is 5.75 Å². The van der Waals surface area contributed by atoms with Crippen LogP contribution in [0.15, 0.2) is 12.1 Å². The Morgan fingerprint density at radius 3 is 2.88 bits per heavy atom. The van der Waals surface area contributed by atoms with Gasteiger partial charge in [0.05, 0.1) is 0 Å². The molecule has 3 rings (SSSR count). The molecule has 1 fully saturated rings. The van der Waals surface area contributed by atoms with E-state index in [0.29, 0.717) is 0 Å². The molecular formula is C14H19NO. The van der Waals surface area contributed by atoms with Crippen molar-refractivity contribution in [3.63, 3.8) is 0 Å². The number of benzene rings is 1. The molecular weight excluding hydrogens is 198 g/mol. The summed E-state index contributed by atoms with van der Waals surface area (Å²) in [6, 6.07) is 4.45. The second-order valence-corrected chi connectivity index (χ2v) is 5.27. The average molecular weight is 217 g/mol. The van der Waals surface area contributed by atoms with Gasteiger partial charge in [-0.15, -0.1) is 0 Å². The molecule has 0 aliphatic carbocycles. The first kappa shape index (κ1) is 10.2. The van der Waals surface area contributed by atoms with E-state index in [0.717, 1.165) is 31.7 Å². The molecule has 1 aromatic rings. The normalized spacial score (nSPS) is 27.9. The Morgan fingerprint density at radius 2 is 2.12 bits per heavy atom. The molecule has 0 saturated carbocycles. The number of hydrogen-bond acceptors (Lipinski definition) is 2. The number of ether oxygens (including phenoxy) is 1. The zero-order valence-corrected chi connectivity index (χ0v) is 10.1. The van der Waals surface area contributed by atoms with Gasteiger partial charge in [-0.1, -0.05) is 6.07 Å². The summed E-state index contributed by atoms with van der Waals surface area (Å²) in [5, 5.41) is 3.42. The summed E-state index contributed by atoms with van der Waals surface area (Å²) in [4.78, 5) is 0. The van der Waals surface area contributed by atoms with Crippen LogP contribution in [-0.4, -0.2) is 18.7 Å². The van der Waals surface area contributed by atoms with E-state index in [9.17, 15) is 0 Å². The van der Waals surface area contributed by atoms with Gasteiger partial charge in [-0.3, -0.25) is 0 Å². The second kappa shape index (κ2) is 3.49. The third kappa shape index (κ3) is 1.52. The maximum absolute atomic E-state index is 6.28. The van der Waals surface area contributed by atoms with E-state index in [2.05, 4.69) is 31.3 Å². The van der Waals surface area contributed by atoms with Gasteiger partial charge in [0.1, 0.15) is 11.4 Å². The zero-order chi connectivity index (χ0) is 11.2. The monoisotopic (exact) mass is 217 g/mol. The van der Waals surface area contributed by atoms with Crippen LogP contribution in [0.1, 0.15) is 29.5 Å². The van der Waals surface area contributed by atoms with Crippen LogP contribution in [0.3, 0.4) is 0 Å². The van der Waals surface area contributed by atoms with E-state index in [-0.39, 0.29) is 5.60 Å². The van der Waals surface area contributed by atoms with Crippen molar-refractivity contribution in [2.24, 2.45) is 0 Å². The average Bonchev–Trinajstić information content (AvgIpc) is 2.65. The number of rotatable bonds is 0. The molecule has 0 bridgehead atoms. The van der Waals surface area contributed by atoms with Crippen LogP contribution in [0.5, 0.6) is 5.75 Å². The number of nitrogens with one attached hydrogen (secondary N) is 1. The first-order valence-corrected chi connectivity index (χ1v) is 6.18. The Hall–Kier alpha value is -1.02. The van der Waals surface area contributed by atoms with E-state index >= 15 is 0 Å². The predicted octanol–water partition coefficient (Wildman–Crippen LogP) is 2.36. The summed E-state index contributed by atoms with van der Waals surface area (Å²) in [6.45, 7) is 6.45. The molecule has 1 aromatic carbocycles. The Bertz CT molecular complexity index is 419. The van der Waals surface area contributed by atoms with Crippen LogP contribution in [-0.2, 0) is 6.42 Å². The van der Waals surface area contributed by atoms with E-state index in [1.54, 1.807) is 0 Å². The van der Waals surface area contributed by atoms with E-state index in [1.807, 2.05) is 0 Å². The molecule has 1 saturated heterocycles. The van der Waals surface area contributed by atoms with Crippen molar-refractivity contribution in [2.45, 2.75) is 38.7 Å². The predicted molar refractivity (Wildman–Crippen MR) is 65.1 cm³/mol. The Labute approximate surface area is 97.0 Å². The molecule has 1 N–H and O–H groups in total. The Kier molecular flexibility index (Phi) is 2.21. The lowest BCUT2D eigenvalue weighted by atomic mass is 9.88. The van der Waals surface area contributed by atoms with E-state index < -0.39 is 0 Å². The molecule has 2 heterocycles. The van der Waals surface area contributed by atoms with Gasteiger partial charge in [-0.05, 0) is 56.0 Å². The highest BCUT2D eigenvalue weighted by Crippen LogP contribution is 2.38. The van der Waals surface area contributed by atoms with Gasteiger partial charge in [0, 0.05) is 13.0 Å². The topological polar surface area (TPSA) is 21.3 Å². The summed E-state index contributed by atoms with van der Waals surface area (Å²) >= 11 is 0. The number of hydrogen-bond donors (Lipinski definition) is 1. The fourth-order valence-corrected chi connectivity index (χ4v) is 3.03. The van der Waals surface area contributed by atoms with Gasteiger partial charge in [0.15, 0.2) is 0 Å². The molecule has 0 aromatic heterocycles. The van der Waals surface area contributed by atoms with Crippen molar-refractivity contribution in [1.29, 1.82) is 0 Å². The van der Waals surface area contributed by atoms with Gasteiger partial charge in [-0.25, -0.2) is 0 Å². The summed E-state index contributed by atoms with van der Waals surface area (Å²) in [5.74, 6) is 1.13. The zero-order valence-electron chi connectivity index (χ0n) is 10.1. The van der Waals surface area contributed by atoms with Crippen LogP contribution in [0.25, 0.3) is 0 Å². The molecule has 1 unspecified atom stereocenters. The Morgan fingerprint density at radius 1 is 1.25 bits per heavy atom. The van der Waals surface area contributed by atoms with Gasteiger partial charge >= 0.3 is 0 Å². The van der Waals surface area contributed by atoms with E-state index in [4.69, 9.17) is 4.74 Å². The summed E-state index contributed by atoms with van der Waals surface area (Å²) < 4.78 is 6.28. The van der Waals surface area contributed by atoms with Crippen molar-refractivity contribution in [2.75, 3.05) is 13.1 Å². The molecule has 2 aliphatic rings. The third-order valence-corrected chi connectivity index (χ3v) is 3.94. The van der Waals surface area contributed by atoms with E-state index in [1.165, 1.54) is 23.1 Å².